The van der Waals surface area contributed by atoms with Gasteiger partial charge in [0.1, 0.15) is 0 Å². The summed E-state index contributed by atoms with van der Waals surface area (Å²) in [5.74, 6) is 0.580. The van der Waals surface area contributed by atoms with E-state index in [-0.39, 0.29) is 0 Å². The lowest BCUT2D eigenvalue weighted by Crippen LogP contribution is -2.36. The van der Waals surface area contributed by atoms with Crippen LogP contribution in [0, 0.1) is 0 Å². The fourth-order valence-corrected chi connectivity index (χ4v) is 2.48. The molecule has 1 aliphatic rings. The summed E-state index contributed by atoms with van der Waals surface area (Å²) in [6.07, 6.45) is 5.86. The molecule has 0 saturated heterocycles. The molecule has 0 bridgehead atoms. The van der Waals surface area contributed by atoms with E-state index in [4.69, 9.17) is 11.6 Å². The minimum Gasteiger partial charge on any atom is -0.348 e. The van der Waals surface area contributed by atoms with Crippen LogP contribution < -0.4 is 4.90 Å². The number of nitrogens with zero attached hydrogens (tertiary/aromatic N) is 2. The van der Waals surface area contributed by atoms with E-state index in [2.05, 4.69) is 16.9 Å². The van der Waals surface area contributed by atoms with E-state index in [1.807, 2.05) is 6.20 Å². The summed E-state index contributed by atoms with van der Waals surface area (Å²) in [5.41, 5.74) is 0. The third kappa shape index (κ3) is 1.81. The lowest BCUT2D eigenvalue weighted by Gasteiger charge is -2.34. The normalized spacial score (nSPS) is 17.1. The molecule has 2 nitrogen and oxygen atoms in total. The lowest BCUT2D eigenvalue weighted by atomic mass is 9.92. The molecule has 1 aliphatic carbocycles. The zero-order chi connectivity index (χ0) is 9.26. The predicted molar refractivity (Wildman–Crippen MR) is 57.7 cm³/mol. The van der Waals surface area contributed by atoms with Crippen molar-refractivity contribution in [3.8, 4) is 0 Å². The van der Waals surface area contributed by atoms with Crippen molar-refractivity contribution in [1.29, 1.82) is 0 Å². The Morgan fingerprint density at radius 1 is 1.69 bits per heavy atom. The highest BCUT2D eigenvalue weighted by Gasteiger charge is 2.23. The van der Waals surface area contributed by atoms with Crippen LogP contribution in [0.1, 0.15) is 24.1 Å². The maximum absolute atomic E-state index is 5.72. The lowest BCUT2D eigenvalue weighted by molar-refractivity contribution is 0.401. The Labute approximate surface area is 87.5 Å². The Balaban J connectivity index is 2.05. The van der Waals surface area contributed by atoms with Crippen LogP contribution in [-0.4, -0.2) is 18.1 Å². The van der Waals surface area contributed by atoms with Crippen LogP contribution in [-0.2, 0) is 5.88 Å². The number of hydrogen-bond acceptors (Lipinski definition) is 3. The Morgan fingerprint density at radius 3 is 2.92 bits per heavy atom. The third-order valence-corrected chi connectivity index (χ3v) is 4.13. The molecule has 1 fully saturated rings. The van der Waals surface area contributed by atoms with E-state index >= 15 is 0 Å². The average Bonchev–Trinajstić information content (AvgIpc) is 2.48. The van der Waals surface area contributed by atoms with Crippen molar-refractivity contribution in [1.82, 2.24) is 4.98 Å². The molecule has 0 amide bonds. The number of anilines is 1. The van der Waals surface area contributed by atoms with Gasteiger partial charge >= 0.3 is 0 Å². The smallest absolute Gasteiger partial charge is 0.185 e. The third-order valence-electron chi connectivity index (χ3n) is 2.60. The van der Waals surface area contributed by atoms with Gasteiger partial charge in [-0.1, -0.05) is 0 Å². The second-order valence-corrected chi connectivity index (χ2v) is 4.80. The monoisotopic (exact) mass is 216 g/mol. The number of rotatable bonds is 3. The fourth-order valence-electron chi connectivity index (χ4n) is 1.45. The quantitative estimate of drug-likeness (QED) is 0.723. The fraction of sp³-hybridized carbons (Fsp3) is 0.667. The van der Waals surface area contributed by atoms with Gasteiger partial charge < -0.3 is 4.90 Å². The van der Waals surface area contributed by atoms with Crippen LogP contribution in [0.4, 0.5) is 5.13 Å². The number of aromatic nitrogens is 1. The van der Waals surface area contributed by atoms with Crippen LogP contribution in [0.15, 0.2) is 6.20 Å². The van der Waals surface area contributed by atoms with E-state index in [0.717, 1.165) is 10.0 Å². The van der Waals surface area contributed by atoms with Gasteiger partial charge in [0.2, 0.25) is 0 Å². The summed E-state index contributed by atoms with van der Waals surface area (Å²) in [5, 5.41) is 1.11. The van der Waals surface area contributed by atoms with Crippen molar-refractivity contribution >= 4 is 28.1 Å². The first-order chi connectivity index (χ1) is 6.31. The Hall–Kier alpha value is -0.280. The van der Waals surface area contributed by atoms with Gasteiger partial charge in [-0.25, -0.2) is 4.98 Å². The second kappa shape index (κ2) is 3.84. The number of halogens is 1. The maximum atomic E-state index is 5.72. The number of alkyl halides is 1. The highest BCUT2D eigenvalue weighted by molar-refractivity contribution is 7.15. The van der Waals surface area contributed by atoms with E-state index in [1.54, 1.807) is 11.3 Å². The van der Waals surface area contributed by atoms with E-state index in [1.165, 1.54) is 19.3 Å². The average molecular weight is 217 g/mol. The molecule has 0 N–H and O–H groups in total. The highest BCUT2D eigenvalue weighted by Crippen LogP contribution is 2.31. The molecule has 0 unspecified atom stereocenters. The van der Waals surface area contributed by atoms with Gasteiger partial charge in [0.05, 0.1) is 5.88 Å². The first kappa shape index (κ1) is 9.28. The number of hydrogen-bond donors (Lipinski definition) is 0. The summed E-state index contributed by atoms with van der Waals surface area (Å²) in [4.78, 5) is 7.79. The molecule has 1 aromatic rings. The molecule has 72 valence electrons. The van der Waals surface area contributed by atoms with Gasteiger partial charge in [0.25, 0.3) is 0 Å². The molecule has 2 rings (SSSR count). The van der Waals surface area contributed by atoms with E-state index in [0.29, 0.717) is 11.9 Å². The molecule has 0 atom stereocenters. The molecule has 0 radical (unpaired) electrons. The van der Waals surface area contributed by atoms with Crippen LogP contribution in [0.5, 0.6) is 0 Å². The van der Waals surface area contributed by atoms with Crippen molar-refractivity contribution in [2.24, 2.45) is 0 Å². The summed E-state index contributed by atoms with van der Waals surface area (Å²) in [6, 6.07) is 0.717. The van der Waals surface area contributed by atoms with Crippen LogP contribution in [0.3, 0.4) is 0 Å². The molecule has 1 saturated carbocycles. The van der Waals surface area contributed by atoms with Crippen molar-refractivity contribution in [3.63, 3.8) is 0 Å². The summed E-state index contributed by atoms with van der Waals surface area (Å²) < 4.78 is 0. The van der Waals surface area contributed by atoms with Gasteiger partial charge in [0, 0.05) is 24.2 Å². The zero-order valence-electron chi connectivity index (χ0n) is 7.66. The van der Waals surface area contributed by atoms with E-state index in [9.17, 15) is 0 Å². The Kier molecular flexibility index (Phi) is 2.74. The summed E-state index contributed by atoms with van der Waals surface area (Å²) in [7, 11) is 2.13. The van der Waals surface area contributed by atoms with Crippen molar-refractivity contribution in [2.75, 3.05) is 11.9 Å². The molecular weight excluding hydrogens is 204 g/mol. The molecule has 13 heavy (non-hydrogen) atoms. The van der Waals surface area contributed by atoms with Crippen molar-refractivity contribution in [2.45, 2.75) is 31.2 Å². The SMILES string of the molecule is CN(c1ncc(CCl)s1)C1CCC1. The number of thiazole rings is 1. The van der Waals surface area contributed by atoms with Gasteiger partial charge in [-0.05, 0) is 19.3 Å². The molecule has 0 aliphatic heterocycles. The molecular formula is C9H13ClN2S. The molecule has 0 aromatic carbocycles. The molecule has 1 aromatic heterocycles. The van der Waals surface area contributed by atoms with Crippen molar-refractivity contribution < 1.29 is 0 Å². The first-order valence-corrected chi connectivity index (χ1v) is 5.90. The summed E-state index contributed by atoms with van der Waals surface area (Å²) >= 11 is 7.43. The molecule has 1 heterocycles. The summed E-state index contributed by atoms with van der Waals surface area (Å²) in [6.45, 7) is 0. The van der Waals surface area contributed by atoms with Crippen LogP contribution in [0.2, 0.25) is 0 Å². The minimum atomic E-state index is 0.580. The van der Waals surface area contributed by atoms with Gasteiger partial charge in [-0.2, -0.15) is 0 Å². The van der Waals surface area contributed by atoms with Crippen LogP contribution in [0.25, 0.3) is 0 Å². The Morgan fingerprint density at radius 2 is 2.46 bits per heavy atom. The topological polar surface area (TPSA) is 16.1 Å². The second-order valence-electron chi connectivity index (χ2n) is 3.44. The predicted octanol–water partition coefficient (Wildman–Crippen LogP) is 2.87. The Bertz CT molecular complexity index is 283. The van der Waals surface area contributed by atoms with Crippen molar-refractivity contribution in [3.05, 3.63) is 11.1 Å². The standard InChI is InChI=1S/C9H13ClN2S/c1-12(7-3-2-4-7)9-11-6-8(5-10)13-9/h6-7H,2-5H2,1H3. The molecule has 0 spiro atoms. The zero-order valence-corrected chi connectivity index (χ0v) is 9.24. The maximum Gasteiger partial charge on any atom is 0.185 e. The first-order valence-electron chi connectivity index (χ1n) is 4.55. The highest BCUT2D eigenvalue weighted by atomic mass is 35.5. The van der Waals surface area contributed by atoms with Gasteiger partial charge in [0.15, 0.2) is 5.13 Å². The minimum absolute atomic E-state index is 0.580. The van der Waals surface area contributed by atoms with Gasteiger partial charge in [-0.3, -0.25) is 0 Å². The van der Waals surface area contributed by atoms with Gasteiger partial charge in [-0.15, -0.1) is 22.9 Å². The van der Waals surface area contributed by atoms with E-state index < -0.39 is 0 Å². The van der Waals surface area contributed by atoms with Crippen LogP contribution >= 0.6 is 22.9 Å². The largest absolute Gasteiger partial charge is 0.348 e. The molecule has 4 heteroatoms.